The van der Waals surface area contributed by atoms with Crippen LogP contribution in [-0.4, -0.2) is 28.3 Å². The van der Waals surface area contributed by atoms with Gasteiger partial charge in [0.25, 0.3) is 0 Å². The Morgan fingerprint density at radius 1 is 1.16 bits per heavy atom. The van der Waals surface area contributed by atoms with Crippen LogP contribution in [0.3, 0.4) is 0 Å². The fourth-order valence-corrected chi connectivity index (χ4v) is 4.37. The molecule has 132 valence electrons. The number of nitrogens with zero attached hydrogens (tertiary/aromatic N) is 1. The number of hydrogen-bond acceptors (Lipinski definition) is 3. The van der Waals surface area contributed by atoms with Gasteiger partial charge >= 0.3 is 6.03 Å². The van der Waals surface area contributed by atoms with Crippen molar-refractivity contribution in [3.8, 4) is 5.75 Å². The molecular weight excluding hydrogens is 332 g/mol. The SMILES string of the molecule is CN(Cc1ccccc1O)C(=O)Nc1ccccc1SC1CCCC1. The molecule has 0 spiro atoms. The largest absolute Gasteiger partial charge is 0.508 e. The number of hydrogen-bond donors (Lipinski definition) is 2. The minimum atomic E-state index is -0.178. The molecule has 0 aliphatic heterocycles. The van der Waals surface area contributed by atoms with E-state index in [4.69, 9.17) is 0 Å². The van der Waals surface area contributed by atoms with Crippen molar-refractivity contribution in [1.82, 2.24) is 4.90 Å². The van der Waals surface area contributed by atoms with Crippen molar-refractivity contribution in [2.45, 2.75) is 42.4 Å². The molecule has 0 radical (unpaired) electrons. The minimum Gasteiger partial charge on any atom is -0.508 e. The van der Waals surface area contributed by atoms with E-state index < -0.39 is 0 Å². The second-order valence-corrected chi connectivity index (χ2v) is 7.78. The average Bonchev–Trinajstić information content (AvgIpc) is 3.11. The Balaban J connectivity index is 1.65. The molecule has 0 atom stereocenters. The van der Waals surface area contributed by atoms with E-state index in [9.17, 15) is 9.90 Å². The molecule has 2 aromatic carbocycles. The van der Waals surface area contributed by atoms with Crippen molar-refractivity contribution in [2.24, 2.45) is 0 Å². The molecule has 1 fully saturated rings. The maximum absolute atomic E-state index is 12.5. The Kier molecular flexibility index (Phi) is 5.87. The summed E-state index contributed by atoms with van der Waals surface area (Å²) in [6.45, 7) is 0.358. The van der Waals surface area contributed by atoms with E-state index >= 15 is 0 Å². The summed E-state index contributed by atoms with van der Waals surface area (Å²) in [5, 5.41) is 13.5. The molecule has 25 heavy (non-hydrogen) atoms. The molecule has 0 unspecified atom stereocenters. The standard InChI is InChI=1S/C20H24N2O2S/c1-22(14-15-8-2-6-12-18(15)23)20(24)21-17-11-5-7-13-19(17)25-16-9-3-4-10-16/h2,5-8,11-13,16,23H,3-4,9-10,14H2,1H3,(H,21,24). The van der Waals surface area contributed by atoms with Crippen LogP contribution in [0.2, 0.25) is 0 Å². The maximum Gasteiger partial charge on any atom is 0.321 e. The van der Waals surface area contributed by atoms with Gasteiger partial charge in [0.05, 0.1) is 12.2 Å². The predicted octanol–water partition coefficient (Wildman–Crippen LogP) is 5.09. The summed E-state index contributed by atoms with van der Waals surface area (Å²) in [5.41, 5.74) is 1.59. The van der Waals surface area contributed by atoms with Gasteiger partial charge in [0.15, 0.2) is 0 Å². The van der Waals surface area contributed by atoms with Crippen molar-refractivity contribution in [2.75, 3.05) is 12.4 Å². The van der Waals surface area contributed by atoms with E-state index in [1.807, 2.05) is 42.1 Å². The molecule has 0 saturated heterocycles. The molecule has 2 N–H and O–H groups in total. The van der Waals surface area contributed by atoms with E-state index in [1.165, 1.54) is 25.7 Å². The molecule has 3 rings (SSSR count). The Morgan fingerprint density at radius 2 is 1.84 bits per heavy atom. The van der Waals surface area contributed by atoms with Crippen molar-refractivity contribution in [3.05, 3.63) is 54.1 Å². The molecule has 1 aliphatic carbocycles. The van der Waals surface area contributed by atoms with Crippen LogP contribution in [-0.2, 0) is 6.54 Å². The van der Waals surface area contributed by atoms with Crippen molar-refractivity contribution < 1.29 is 9.90 Å². The lowest BCUT2D eigenvalue weighted by Crippen LogP contribution is -2.31. The lowest BCUT2D eigenvalue weighted by Gasteiger charge is -2.20. The number of amides is 2. The van der Waals surface area contributed by atoms with Gasteiger partial charge in [-0.15, -0.1) is 11.8 Å². The van der Waals surface area contributed by atoms with Crippen LogP contribution in [0.5, 0.6) is 5.75 Å². The third-order valence-electron chi connectivity index (χ3n) is 4.47. The zero-order valence-corrected chi connectivity index (χ0v) is 15.3. The number of aromatic hydroxyl groups is 1. The molecule has 4 nitrogen and oxygen atoms in total. The molecule has 0 heterocycles. The number of urea groups is 1. The minimum absolute atomic E-state index is 0.178. The highest BCUT2D eigenvalue weighted by molar-refractivity contribution is 8.00. The predicted molar refractivity (Wildman–Crippen MR) is 103 cm³/mol. The topological polar surface area (TPSA) is 52.6 Å². The Morgan fingerprint density at radius 3 is 2.60 bits per heavy atom. The lowest BCUT2D eigenvalue weighted by molar-refractivity contribution is 0.220. The highest BCUT2D eigenvalue weighted by Crippen LogP contribution is 2.38. The van der Waals surface area contributed by atoms with Gasteiger partial charge in [0.1, 0.15) is 5.75 Å². The number of phenols is 1. The van der Waals surface area contributed by atoms with Crippen molar-refractivity contribution in [1.29, 1.82) is 0 Å². The van der Waals surface area contributed by atoms with E-state index in [0.717, 1.165) is 16.1 Å². The highest BCUT2D eigenvalue weighted by Gasteiger charge is 2.19. The number of para-hydroxylation sites is 2. The molecule has 1 saturated carbocycles. The molecule has 2 aromatic rings. The number of carbonyl (C=O) groups is 1. The van der Waals surface area contributed by atoms with Crippen LogP contribution in [0.25, 0.3) is 0 Å². The number of nitrogens with one attached hydrogen (secondary N) is 1. The van der Waals surface area contributed by atoms with E-state index in [-0.39, 0.29) is 11.8 Å². The fourth-order valence-electron chi connectivity index (χ4n) is 3.04. The van der Waals surface area contributed by atoms with Gasteiger partial charge in [-0.2, -0.15) is 0 Å². The molecule has 0 aromatic heterocycles. The number of thioether (sulfide) groups is 1. The van der Waals surface area contributed by atoms with Gasteiger partial charge in [0, 0.05) is 22.8 Å². The summed E-state index contributed by atoms with van der Waals surface area (Å²) < 4.78 is 0. The number of carbonyl (C=O) groups excluding carboxylic acids is 1. The second-order valence-electron chi connectivity index (χ2n) is 6.44. The monoisotopic (exact) mass is 356 g/mol. The van der Waals surface area contributed by atoms with Gasteiger partial charge < -0.3 is 15.3 Å². The van der Waals surface area contributed by atoms with E-state index in [1.54, 1.807) is 24.1 Å². The number of anilines is 1. The smallest absolute Gasteiger partial charge is 0.321 e. The van der Waals surface area contributed by atoms with Crippen molar-refractivity contribution in [3.63, 3.8) is 0 Å². The van der Waals surface area contributed by atoms with E-state index in [0.29, 0.717) is 11.8 Å². The molecule has 2 amide bonds. The molecule has 5 heteroatoms. The van der Waals surface area contributed by atoms with E-state index in [2.05, 4.69) is 11.4 Å². The summed E-state index contributed by atoms with van der Waals surface area (Å²) in [4.78, 5) is 15.2. The first-order valence-electron chi connectivity index (χ1n) is 8.68. The summed E-state index contributed by atoms with van der Waals surface area (Å²) in [6, 6.07) is 14.9. The number of phenolic OH excluding ortho intramolecular Hbond substituents is 1. The van der Waals surface area contributed by atoms with Gasteiger partial charge in [-0.3, -0.25) is 0 Å². The normalized spacial score (nSPS) is 14.4. The first kappa shape index (κ1) is 17.7. The summed E-state index contributed by atoms with van der Waals surface area (Å²) in [7, 11) is 1.73. The zero-order chi connectivity index (χ0) is 17.6. The quantitative estimate of drug-likeness (QED) is 0.784. The average molecular weight is 356 g/mol. The highest BCUT2D eigenvalue weighted by atomic mass is 32.2. The van der Waals surface area contributed by atoms with Crippen LogP contribution in [0.15, 0.2) is 53.4 Å². The third kappa shape index (κ3) is 4.69. The van der Waals surface area contributed by atoms with Gasteiger partial charge in [-0.25, -0.2) is 4.79 Å². The first-order chi connectivity index (χ1) is 12.1. The summed E-state index contributed by atoms with van der Waals surface area (Å²) >= 11 is 1.86. The number of rotatable bonds is 5. The van der Waals surface area contributed by atoms with Gasteiger partial charge in [0.2, 0.25) is 0 Å². The maximum atomic E-state index is 12.5. The fraction of sp³-hybridized carbons (Fsp3) is 0.350. The van der Waals surface area contributed by atoms with Gasteiger partial charge in [-0.05, 0) is 31.0 Å². The second kappa shape index (κ2) is 8.30. The van der Waals surface area contributed by atoms with Crippen LogP contribution in [0, 0.1) is 0 Å². The summed E-state index contributed by atoms with van der Waals surface area (Å²) in [6.07, 6.45) is 5.10. The Labute approximate surface area is 153 Å². The van der Waals surface area contributed by atoms with Crippen LogP contribution in [0.1, 0.15) is 31.2 Å². The Hall–Kier alpha value is -2.14. The van der Waals surface area contributed by atoms with Crippen LogP contribution in [0.4, 0.5) is 10.5 Å². The van der Waals surface area contributed by atoms with Crippen molar-refractivity contribution >= 4 is 23.5 Å². The lowest BCUT2D eigenvalue weighted by atomic mass is 10.2. The molecular formula is C20H24N2O2S. The summed E-state index contributed by atoms with van der Waals surface area (Å²) in [5.74, 6) is 0.208. The number of benzene rings is 2. The third-order valence-corrected chi connectivity index (χ3v) is 5.88. The molecule has 0 bridgehead atoms. The zero-order valence-electron chi connectivity index (χ0n) is 14.4. The van der Waals surface area contributed by atoms with Gasteiger partial charge in [-0.1, -0.05) is 43.2 Å². The molecule has 1 aliphatic rings. The van der Waals surface area contributed by atoms with Crippen LogP contribution >= 0.6 is 11.8 Å². The first-order valence-corrected chi connectivity index (χ1v) is 9.56. The van der Waals surface area contributed by atoms with Crippen LogP contribution < -0.4 is 5.32 Å². The Bertz CT molecular complexity index is 729.